The molecule has 1 aliphatic carbocycles. The van der Waals surface area contributed by atoms with Crippen LogP contribution in [0.25, 0.3) is 0 Å². The lowest BCUT2D eigenvalue weighted by Gasteiger charge is -2.51. The van der Waals surface area contributed by atoms with Crippen LogP contribution in [-0.4, -0.2) is 51.6 Å². The van der Waals surface area contributed by atoms with Gasteiger partial charge in [-0.25, -0.2) is 0 Å². The molecule has 1 saturated carbocycles. The highest BCUT2D eigenvalue weighted by Crippen LogP contribution is 2.43. The van der Waals surface area contributed by atoms with Gasteiger partial charge in [-0.3, -0.25) is 19.8 Å². The Bertz CT molecular complexity index is 715. The number of likely N-dealkylation sites (tertiary alicyclic amines) is 2. The number of piperidine rings is 2. The van der Waals surface area contributed by atoms with Gasteiger partial charge in [-0.05, 0) is 38.5 Å². The maximum absolute atomic E-state index is 12.7. The molecule has 1 unspecified atom stereocenters. The molecule has 4 rings (SSSR count). The lowest BCUT2D eigenvalue weighted by Crippen LogP contribution is -2.54. The Morgan fingerprint density at radius 3 is 2.68 bits per heavy atom. The summed E-state index contributed by atoms with van der Waals surface area (Å²) in [6.07, 6.45) is 9.58. The zero-order valence-corrected chi connectivity index (χ0v) is 14.9. The maximum Gasteiger partial charge on any atom is 0.271 e. The molecule has 136 valence electrons. The molecular formula is C19H28N4O2. The highest BCUT2D eigenvalue weighted by molar-refractivity contribution is 5.92. The first-order valence-corrected chi connectivity index (χ1v) is 9.58. The number of nitrogens with one attached hydrogen (secondary N) is 2. The van der Waals surface area contributed by atoms with E-state index in [1.54, 1.807) is 0 Å². The predicted octanol–water partition coefficient (Wildman–Crippen LogP) is 2.48. The van der Waals surface area contributed by atoms with Crippen LogP contribution < -0.4 is 5.56 Å². The Balaban J connectivity index is 1.50. The van der Waals surface area contributed by atoms with E-state index in [0.29, 0.717) is 11.7 Å². The Morgan fingerprint density at radius 2 is 1.96 bits per heavy atom. The number of amides is 1. The van der Waals surface area contributed by atoms with Crippen molar-refractivity contribution in [3.63, 3.8) is 0 Å². The molecule has 3 fully saturated rings. The smallest absolute Gasteiger partial charge is 0.271 e. The molecule has 1 spiro atoms. The number of hydrogen-bond acceptors (Lipinski definition) is 3. The molecule has 0 radical (unpaired) electrons. The van der Waals surface area contributed by atoms with Gasteiger partial charge in [-0.15, -0.1) is 0 Å². The van der Waals surface area contributed by atoms with E-state index in [4.69, 9.17) is 0 Å². The number of H-pyrrole nitrogens is 2. The summed E-state index contributed by atoms with van der Waals surface area (Å²) in [6.45, 7) is 6.92. The van der Waals surface area contributed by atoms with Crippen LogP contribution in [-0.2, 0) is 0 Å². The molecule has 1 aromatic rings. The van der Waals surface area contributed by atoms with Crippen molar-refractivity contribution < 1.29 is 4.79 Å². The minimum Gasteiger partial charge on any atom is -0.372 e. The molecule has 0 aromatic carbocycles. The number of carbonyl (C=O) groups is 1. The molecule has 6 heteroatoms. The maximum atomic E-state index is 12.7. The van der Waals surface area contributed by atoms with E-state index in [1.165, 1.54) is 43.9 Å². The first-order valence-electron chi connectivity index (χ1n) is 9.58. The fraction of sp³-hybridized carbons (Fsp3) is 0.684. The van der Waals surface area contributed by atoms with Gasteiger partial charge in [0.25, 0.3) is 11.5 Å². The highest BCUT2D eigenvalue weighted by Gasteiger charge is 2.43. The van der Waals surface area contributed by atoms with Gasteiger partial charge in [-0.2, -0.15) is 0 Å². The van der Waals surface area contributed by atoms with Crippen molar-refractivity contribution in [1.82, 2.24) is 20.0 Å². The molecule has 2 saturated heterocycles. The molecule has 2 N–H and O–H groups in total. The van der Waals surface area contributed by atoms with Crippen molar-refractivity contribution >= 4 is 5.91 Å². The molecule has 25 heavy (non-hydrogen) atoms. The van der Waals surface area contributed by atoms with Crippen molar-refractivity contribution in [3.05, 3.63) is 34.4 Å². The fourth-order valence-electron chi connectivity index (χ4n) is 5.04. The first kappa shape index (κ1) is 16.5. The fourth-order valence-corrected chi connectivity index (χ4v) is 5.04. The normalized spacial score (nSPS) is 28.1. The largest absolute Gasteiger partial charge is 0.372 e. The minimum absolute atomic E-state index is 0.0609. The van der Waals surface area contributed by atoms with E-state index in [1.807, 2.05) is 4.90 Å². The summed E-state index contributed by atoms with van der Waals surface area (Å²) < 4.78 is 0. The third-order valence-corrected chi connectivity index (χ3v) is 6.40. The molecule has 3 aliphatic rings. The van der Waals surface area contributed by atoms with Crippen molar-refractivity contribution in [3.8, 4) is 0 Å². The van der Waals surface area contributed by atoms with E-state index >= 15 is 0 Å². The van der Waals surface area contributed by atoms with Gasteiger partial charge in [0.05, 0.1) is 0 Å². The number of carbonyl (C=O) groups excluding carboxylic acids is 1. The average molecular weight is 344 g/mol. The van der Waals surface area contributed by atoms with Gasteiger partial charge >= 0.3 is 0 Å². The summed E-state index contributed by atoms with van der Waals surface area (Å²) in [7, 11) is 0. The Labute approximate surface area is 148 Å². The van der Waals surface area contributed by atoms with Crippen molar-refractivity contribution in [1.29, 1.82) is 0 Å². The quantitative estimate of drug-likeness (QED) is 0.866. The second kappa shape index (κ2) is 6.39. The molecule has 6 nitrogen and oxygen atoms in total. The molecule has 2 aliphatic heterocycles. The zero-order valence-electron chi connectivity index (χ0n) is 14.9. The molecule has 3 heterocycles. The van der Waals surface area contributed by atoms with Gasteiger partial charge in [0, 0.05) is 42.9 Å². The average Bonchev–Trinajstić information content (AvgIpc) is 3.28. The Hall–Kier alpha value is -1.98. The van der Waals surface area contributed by atoms with Gasteiger partial charge in [0.2, 0.25) is 0 Å². The lowest BCUT2D eigenvalue weighted by molar-refractivity contribution is 0.0172. The van der Waals surface area contributed by atoms with E-state index in [2.05, 4.69) is 21.7 Å². The third-order valence-electron chi connectivity index (χ3n) is 6.40. The predicted molar refractivity (Wildman–Crippen MR) is 96.3 cm³/mol. The molecular weight excluding hydrogens is 316 g/mol. The highest BCUT2D eigenvalue weighted by atomic mass is 16.2. The summed E-state index contributed by atoms with van der Waals surface area (Å²) in [5, 5.41) is 5.16. The van der Waals surface area contributed by atoms with Crippen molar-refractivity contribution in [2.75, 3.05) is 19.6 Å². The molecule has 1 amide bonds. The topological polar surface area (TPSA) is 72.2 Å². The monoisotopic (exact) mass is 344 g/mol. The van der Waals surface area contributed by atoms with Crippen LogP contribution in [0, 0.1) is 5.41 Å². The first-order chi connectivity index (χ1) is 12.1. The van der Waals surface area contributed by atoms with Gasteiger partial charge < -0.3 is 9.80 Å². The van der Waals surface area contributed by atoms with E-state index < -0.39 is 0 Å². The molecule has 1 atom stereocenters. The standard InChI is InChI=1S/C19H28N4O2/c1-14-7-9-19(13-23(14)15-5-2-3-6-15)8-4-10-22(12-19)18(25)16-11-17(24)21-20-16/h11,15H,1-10,12-13H2,(H2,20,21,24). The molecule has 0 bridgehead atoms. The SMILES string of the molecule is C=C1CCC2(CCCN(C(=O)c3cc(=O)[nH][nH]3)C2)CN1C1CCCC1. The number of rotatable bonds is 2. The minimum atomic E-state index is -0.253. The summed E-state index contributed by atoms with van der Waals surface area (Å²) in [6, 6.07) is 2.01. The van der Waals surface area contributed by atoms with Gasteiger partial charge in [0.15, 0.2) is 0 Å². The van der Waals surface area contributed by atoms with Gasteiger partial charge in [-0.1, -0.05) is 19.4 Å². The zero-order chi connectivity index (χ0) is 17.4. The number of hydrogen-bond donors (Lipinski definition) is 2. The van der Waals surface area contributed by atoms with Crippen LogP contribution in [0.3, 0.4) is 0 Å². The van der Waals surface area contributed by atoms with Crippen LogP contribution in [0.2, 0.25) is 0 Å². The van der Waals surface area contributed by atoms with Crippen LogP contribution in [0.4, 0.5) is 0 Å². The van der Waals surface area contributed by atoms with Gasteiger partial charge in [0.1, 0.15) is 5.69 Å². The Morgan fingerprint density at radius 1 is 1.16 bits per heavy atom. The van der Waals surface area contributed by atoms with Crippen molar-refractivity contribution in [2.45, 2.75) is 57.4 Å². The summed E-state index contributed by atoms with van der Waals surface area (Å²) in [4.78, 5) is 28.6. The molecule has 1 aromatic heterocycles. The van der Waals surface area contributed by atoms with Crippen molar-refractivity contribution in [2.24, 2.45) is 5.41 Å². The Kier molecular flexibility index (Phi) is 4.21. The number of nitrogens with zero attached hydrogens (tertiary/aromatic N) is 2. The third kappa shape index (κ3) is 3.14. The summed E-state index contributed by atoms with van der Waals surface area (Å²) in [5.74, 6) is -0.0609. The van der Waals surface area contributed by atoms with E-state index in [-0.39, 0.29) is 16.9 Å². The number of allylic oxidation sites excluding steroid dienone is 1. The van der Waals surface area contributed by atoms with Crippen LogP contribution in [0.1, 0.15) is 61.9 Å². The summed E-state index contributed by atoms with van der Waals surface area (Å²) >= 11 is 0. The van der Waals surface area contributed by atoms with E-state index in [0.717, 1.165) is 38.9 Å². The van der Waals surface area contributed by atoms with E-state index in [9.17, 15) is 9.59 Å². The number of aromatic nitrogens is 2. The van der Waals surface area contributed by atoms with Crippen LogP contribution in [0.5, 0.6) is 0 Å². The second-order valence-electron chi connectivity index (χ2n) is 8.13. The van der Waals surface area contributed by atoms with Crippen LogP contribution in [0.15, 0.2) is 23.1 Å². The van der Waals surface area contributed by atoms with Crippen LogP contribution >= 0.6 is 0 Å². The second-order valence-corrected chi connectivity index (χ2v) is 8.13. The lowest BCUT2D eigenvalue weighted by atomic mass is 9.72. The number of aromatic amines is 2. The summed E-state index contributed by atoms with van der Waals surface area (Å²) in [5.41, 5.74) is 1.58.